The number of hydrogen-bond donors (Lipinski definition) is 6. The summed E-state index contributed by atoms with van der Waals surface area (Å²) < 4.78 is 46.9. The number of nitrogen functional groups attached to an aromatic ring is 2. The largest absolute Gasteiger partial charge is 0.396 e. The minimum atomic E-state index is -4.17. The Morgan fingerprint density at radius 3 is 2.63 bits per heavy atom. The molecule has 7 rings (SSSR count). The summed E-state index contributed by atoms with van der Waals surface area (Å²) in [7, 11) is 0. The van der Waals surface area contributed by atoms with Gasteiger partial charge < -0.3 is 44.3 Å². The highest BCUT2D eigenvalue weighted by Gasteiger charge is 2.52. The second-order valence-electron chi connectivity index (χ2n) is 11.4. The van der Waals surface area contributed by atoms with Gasteiger partial charge in [0.15, 0.2) is 28.9 Å². The first-order chi connectivity index (χ1) is 21.9. The van der Waals surface area contributed by atoms with Crippen molar-refractivity contribution in [3.63, 3.8) is 0 Å². The molecule has 2 bridgehead atoms. The van der Waals surface area contributed by atoms with Crippen molar-refractivity contribution >= 4 is 71.7 Å². The number of nitrogens with one attached hydrogen (secondary N) is 1. The number of aliphatic hydroxyl groups excluding tert-OH is 1. The average molecular weight is 717 g/mol. The van der Waals surface area contributed by atoms with E-state index in [0.717, 1.165) is 0 Å². The van der Waals surface area contributed by atoms with Crippen molar-refractivity contribution in [1.29, 1.82) is 0 Å². The van der Waals surface area contributed by atoms with Gasteiger partial charge in [-0.15, -0.1) is 0 Å². The zero-order valence-corrected chi connectivity index (χ0v) is 27.5. The van der Waals surface area contributed by atoms with Crippen molar-refractivity contribution in [1.82, 2.24) is 39.0 Å². The van der Waals surface area contributed by atoms with Gasteiger partial charge in [0, 0.05) is 23.8 Å². The Morgan fingerprint density at radius 2 is 1.85 bits per heavy atom. The van der Waals surface area contributed by atoms with Crippen LogP contribution in [0.25, 0.3) is 22.3 Å². The van der Waals surface area contributed by atoms with Crippen LogP contribution in [0.4, 0.5) is 11.8 Å². The molecule has 6 heterocycles. The SMILES string of the molecule is CC1C2OP(O)(=S)OCC3OC(n4cnc5c(=O)[nH]c(N)nc54)C(OP(=O)(S)OCC2CC1n1cnc2c(N)ncnc21)C3CO. The molecular weight excluding hydrogens is 686 g/mol. The van der Waals surface area contributed by atoms with E-state index in [2.05, 4.69) is 42.2 Å². The number of aromatic amines is 1. The number of imidazole rings is 2. The predicted molar refractivity (Wildman–Crippen MR) is 168 cm³/mol. The summed E-state index contributed by atoms with van der Waals surface area (Å²) in [5, 5.41) is 10.4. The predicted octanol–water partition coefficient (Wildman–Crippen LogP) is 0.899. The van der Waals surface area contributed by atoms with Gasteiger partial charge in [-0.2, -0.15) is 4.98 Å². The van der Waals surface area contributed by atoms with Crippen LogP contribution in [0.15, 0.2) is 23.8 Å². The third-order valence-electron chi connectivity index (χ3n) is 8.67. The molecule has 0 amide bonds. The highest BCUT2D eigenvalue weighted by Crippen LogP contribution is 2.60. The second-order valence-corrected chi connectivity index (χ2v) is 17.0. The van der Waals surface area contributed by atoms with Crippen LogP contribution < -0.4 is 17.0 Å². The first kappa shape index (κ1) is 32.0. The monoisotopic (exact) mass is 716 g/mol. The Kier molecular flexibility index (Phi) is 8.25. The highest BCUT2D eigenvalue weighted by atomic mass is 32.7. The number of nitrogens with zero attached hydrogens (tertiary/aromatic N) is 7. The van der Waals surface area contributed by atoms with Crippen LogP contribution in [0, 0.1) is 17.8 Å². The smallest absolute Gasteiger partial charge is 0.386 e. The van der Waals surface area contributed by atoms with Gasteiger partial charge in [-0.05, 0) is 18.2 Å². The highest BCUT2D eigenvalue weighted by molar-refractivity contribution is 8.44. The summed E-state index contributed by atoms with van der Waals surface area (Å²) in [6, 6.07) is -0.263. The van der Waals surface area contributed by atoms with Gasteiger partial charge >= 0.3 is 13.5 Å². The van der Waals surface area contributed by atoms with Crippen molar-refractivity contribution in [3.8, 4) is 0 Å². The van der Waals surface area contributed by atoms with Gasteiger partial charge in [0.2, 0.25) is 5.95 Å². The summed E-state index contributed by atoms with van der Waals surface area (Å²) >= 11 is 9.70. The van der Waals surface area contributed by atoms with Gasteiger partial charge in [-0.25, -0.2) is 24.5 Å². The van der Waals surface area contributed by atoms with Crippen molar-refractivity contribution in [3.05, 3.63) is 29.3 Å². The van der Waals surface area contributed by atoms with Crippen LogP contribution in [0.1, 0.15) is 25.6 Å². The number of hydrogen-bond acceptors (Lipinski definition) is 16. The van der Waals surface area contributed by atoms with Crippen molar-refractivity contribution in [2.45, 2.75) is 43.9 Å². The molecule has 10 atom stereocenters. The van der Waals surface area contributed by atoms with E-state index in [1.165, 1.54) is 17.2 Å². The molecule has 10 unspecified atom stereocenters. The van der Waals surface area contributed by atoms with Crippen molar-refractivity contribution in [2.75, 3.05) is 31.3 Å². The summed E-state index contributed by atoms with van der Waals surface area (Å²) in [5.74, 6) is -1.57. The Balaban J connectivity index is 1.22. The number of nitrogens with two attached hydrogens (primary N) is 2. The zero-order chi connectivity index (χ0) is 32.5. The van der Waals surface area contributed by atoms with Gasteiger partial charge in [-0.1, -0.05) is 19.2 Å². The third kappa shape index (κ3) is 5.66. The molecule has 4 aromatic heterocycles. The first-order valence-electron chi connectivity index (χ1n) is 14.1. The van der Waals surface area contributed by atoms with Crippen LogP contribution in [0.2, 0.25) is 0 Å². The maximum atomic E-state index is 13.8. The fourth-order valence-corrected chi connectivity index (χ4v) is 9.59. The van der Waals surface area contributed by atoms with E-state index >= 15 is 0 Å². The number of aliphatic hydroxyl groups is 1. The zero-order valence-electron chi connectivity index (χ0n) is 24.0. The lowest BCUT2D eigenvalue weighted by Crippen LogP contribution is -2.33. The summed E-state index contributed by atoms with van der Waals surface area (Å²) in [6.07, 6.45) is 0.653. The minimum absolute atomic E-state index is 0.0356. The van der Waals surface area contributed by atoms with Gasteiger partial charge in [0.1, 0.15) is 17.9 Å². The molecule has 3 aliphatic rings. The topological polar surface area (TPSA) is 263 Å². The van der Waals surface area contributed by atoms with Crippen LogP contribution in [-0.4, -0.2) is 87.2 Å². The minimum Gasteiger partial charge on any atom is -0.396 e. The van der Waals surface area contributed by atoms with Crippen molar-refractivity contribution < 1.29 is 37.4 Å². The number of H-pyrrole nitrogens is 1. The van der Waals surface area contributed by atoms with E-state index in [1.54, 1.807) is 6.33 Å². The summed E-state index contributed by atoms with van der Waals surface area (Å²) in [6.45, 7) is -7.20. The normalized spacial score (nSPS) is 37.1. The van der Waals surface area contributed by atoms with E-state index in [-0.39, 0.29) is 48.1 Å². The van der Waals surface area contributed by atoms with E-state index in [4.69, 9.17) is 46.1 Å². The molecule has 46 heavy (non-hydrogen) atoms. The first-order valence-corrected chi connectivity index (χ1v) is 19.4. The van der Waals surface area contributed by atoms with Crippen LogP contribution >= 0.6 is 25.8 Å². The molecular formula is C23H30N10O9P2S2. The number of aromatic nitrogens is 8. The number of ether oxygens (including phenoxy) is 1. The van der Waals surface area contributed by atoms with E-state index in [0.29, 0.717) is 17.6 Å². The molecule has 2 aliphatic heterocycles. The van der Waals surface area contributed by atoms with Crippen LogP contribution in [-0.2, 0) is 39.2 Å². The molecule has 4 aromatic rings. The Labute approximate surface area is 269 Å². The molecule has 7 N–H and O–H groups in total. The molecule has 1 aliphatic carbocycles. The van der Waals surface area contributed by atoms with Crippen LogP contribution in [0.5, 0.6) is 0 Å². The average Bonchev–Trinajstić information content (AvgIpc) is 3.75. The summed E-state index contributed by atoms with van der Waals surface area (Å²) in [4.78, 5) is 47.0. The number of thiol groups is 1. The molecule has 0 radical (unpaired) electrons. The lowest BCUT2D eigenvalue weighted by atomic mass is 9.99. The number of fused-ring (bicyclic) bond motifs is 5. The quantitative estimate of drug-likeness (QED) is 0.127. The Bertz CT molecular complexity index is 1960. The maximum Gasteiger partial charge on any atom is 0.386 e. The number of rotatable bonds is 3. The molecule has 2 saturated heterocycles. The molecule has 1 saturated carbocycles. The Morgan fingerprint density at radius 1 is 1.09 bits per heavy atom. The molecule has 0 aromatic carbocycles. The summed E-state index contributed by atoms with van der Waals surface area (Å²) in [5.41, 5.74) is 12.1. The maximum absolute atomic E-state index is 13.8. The number of anilines is 2. The molecule has 19 nitrogen and oxygen atoms in total. The van der Waals surface area contributed by atoms with E-state index < -0.39 is 62.1 Å². The lowest BCUT2D eigenvalue weighted by molar-refractivity contribution is -0.0491. The molecule has 23 heteroatoms. The standard InChI is InChI=1S/C23H30N10O9P2S2/c1-9-12(32-7-28-14-18(24)26-6-27-19(14)32)2-10-4-38-43(36,45)42-17-11(3-34)13(5-39-44(37,46)41-16(9)10)40-22(17)33-8-29-15-20(33)30-23(25)31-21(15)35/h6-13,16-17,22,34H,2-5H2,1H3,(H,36,45)(H,37,46)(H2,24,26,27)(H3,25,30,31,35). The molecule has 248 valence electrons. The molecule has 0 spiro atoms. The fourth-order valence-electron chi connectivity index (χ4n) is 6.51. The van der Waals surface area contributed by atoms with Crippen LogP contribution in [0.3, 0.4) is 0 Å². The lowest BCUT2D eigenvalue weighted by Gasteiger charge is -2.29. The molecule has 3 fully saturated rings. The van der Waals surface area contributed by atoms with Gasteiger partial charge in [0.25, 0.3) is 5.56 Å². The third-order valence-corrected chi connectivity index (χ3v) is 11.8. The fraction of sp³-hybridized carbons (Fsp3) is 0.565. The Hall–Kier alpha value is -2.55. The van der Waals surface area contributed by atoms with Gasteiger partial charge in [-0.3, -0.25) is 18.9 Å². The van der Waals surface area contributed by atoms with Gasteiger partial charge in [0.05, 0.1) is 44.7 Å². The second kappa shape index (κ2) is 11.9. The van der Waals surface area contributed by atoms with E-state index in [1.807, 2.05) is 11.5 Å². The van der Waals surface area contributed by atoms with E-state index in [9.17, 15) is 19.4 Å². The van der Waals surface area contributed by atoms with Crippen molar-refractivity contribution in [2.24, 2.45) is 17.8 Å².